The summed E-state index contributed by atoms with van der Waals surface area (Å²) in [5.74, 6) is -0.720. The van der Waals surface area contributed by atoms with Crippen molar-refractivity contribution in [1.82, 2.24) is 4.98 Å². The predicted octanol–water partition coefficient (Wildman–Crippen LogP) is -0.0259. The van der Waals surface area contributed by atoms with Crippen LogP contribution < -0.4 is 5.73 Å². The molecule has 1 heterocycles. The molecule has 0 unspecified atom stereocenters. The largest absolute Gasteiger partial charge is 0.366 e. The van der Waals surface area contributed by atoms with E-state index < -0.39 is 15.7 Å². The minimum Gasteiger partial charge on any atom is -0.366 e. The van der Waals surface area contributed by atoms with Crippen LogP contribution in [0.2, 0.25) is 0 Å². The Bertz CT molecular complexity index is 453. The maximum absolute atomic E-state index is 11.4. The maximum atomic E-state index is 11.4. The molecule has 0 aromatic carbocycles. The molecule has 0 spiro atoms. The lowest BCUT2D eigenvalue weighted by atomic mass is 10.3. The van der Waals surface area contributed by atoms with Crippen LogP contribution in [-0.4, -0.2) is 25.1 Å². The second-order valence-electron chi connectivity index (χ2n) is 2.65. The summed E-state index contributed by atoms with van der Waals surface area (Å²) in [6.07, 6.45) is 1.25. The summed E-state index contributed by atoms with van der Waals surface area (Å²) in [6, 6.07) is 2.55. The zero-order valence-corrected chi connectivity index (χ0v) is 8.41. The molecule has 0 aliphatic carbocycles. The first kappa shape index (κ1) is 10.6. The van der Waals surface area contributed by atoms with E-state index in [1.807, 2.05) is 0 Å². The Labute approximate surface area is 81.9 Å². The quantitative estimate of drug-likeness (QED) is 0.765. The van der Waals surface area contributed by atoms with Crippen LogP contribution in [0.3, 0.4) is 0 Å². The van der Waals surface area contributed by atoms with E-state index in [9.17, 15) is 13.2 Å². The molecule has 2 N–H and O–H groups in total. The molecule has 1 aromatic heterocycles. The van der Waals surface area contributed by atoms with Gasteiger partial charge in [0.05, 0.1) is 5.75 Å². The fraction of sp³-hybridized carbons (Fsp3) is 0.250. The number of hydrogen-bond acceptors (Lipinski definition) is 4. The lowest BCUT2D eigenvalue weighted by Gasteiger charge is -2.00. The highest BCUT2D eigenvalue weighted by molar-refractivity contribution is 7.91. The fourth-order valence-electron chi connectivity index (χ4n) is 0.881. The van der Waals surface area contributed by atoms with Crippen molar-refractivity contribution < 1.29 is 13.2 Å². The molecular formula is C8H10N2O3S. The maximum Gasteiger partial charge on any atom is 0.248 e. The molecule has 0 bridgehead atoms. The number of sulfone groups is 1. The van der Waals surface area contributed by atoms with E-state index in [2.05, 4.69) is 4.98 Å². The van der Waals surface area contributed by atoms with Gasteiger partial charge in [0.1, 0.15) is 0 Å². The zero-order valence-electron chi connectivity index (χ0n) is 7.60. The molecule has 0 radical (unpaired) electrons. The smallest absolute Gasteiger partial charge is 0.248 e. The number of primary amides is 1. The SMILES string of the molecule is CCS(=O)(=O)c1cc(C(N)=O)ccn1. The highest BCUT2D eigenvalue weighted by Crippen LogP contribution is 2.09. The molecule has 0 fully saturated rings. The summed E-state index contributed by atoms with van der Waals surface area (Å²) < 4.78 is 22.7. The highest BCUT2D eigenvalue weighted by Gasteiger charge is 2.14. The van der Waals surface area contributed by atoms with Gasteiger partial charge < -0.3 is 5.73 Å². The van der Waals surface area contributed by atoms with Crippen LogP contribution in [0.4, 0.5) is 0 Å². The fourth-order valence-corrected chi connectivity index (χ4v) is 1.70. The number of aromatic nitrogens is 1. The lowest BCUT2D eigenvalue weighted by Crippen LogP contribution is -2.13. The van der Waals surface area contributed by atoms with Gasteiger partial charge in [0.2, 0.25) is 5.91 Å². The third-order valence-corrected chi connectivity index (χ3v) is 3.34. The number of hydrogen-bond donors (Lipinski definition) is 1. The predicted molar refractivity (Wildman–Crippen MR) is 50.5 cm³/mol. The van der Waals surface area contributed by atoms with Crippen molar-refractivity contribution >= 4 is 15.7 Å². The van der Waals surface area contributed by atoms with Crippen molar-refractivity contribution in [2.75, 3.05) is 5.75 Å². The van der Waals surface area contributed by atoms with E-state index in [0.717, 1.165) is 0 Å². The van der Waals surface area contributed by atoms with Gasteiger partial charge in [-0.25, -0.2) is 13.4 Å². The van der Waals surface area contributed by atoms with Gasteiger partial charge in [-0.05, 0) is 12.1 Å². The summed E-state index contributed by atoms with van der Waals surface area (Å²) in [4.78, 5) is 14.4. The Kier molecular flexibility index (Phi) is 2.85. The topological polar surface area (TPSA) is 90.1 Å². The molecule has 0 saturated carbocycles. The van der Waals surface area contributed by atoms with E-state index in [4.69, 9.17) is 5.73 Å². The van der Waals surface area contributed by atoms with Crippen LogP contribution in [0.15, 0.2) is 23.4 Å². The molecule has 1 aromatic rings. The van der Waals surface area contributed by atoms with Crippen molar-refractivity contribution in [2.45, 2.75) is 11.9 Å². The van der Waals surface area contributed by atoms with Crippen LogP contribution in [0, 0.1) is 0 Å². The Morgan fingerprint density at radius 1 is 1.57 bits per heavy atom. The average molecular weight is 214 g/mol. The van der Waals surface area contributed by atoms with E-state index in [1.165, 1.54) is 25.3 Å². The molecule has 1 rings (SSSR count). The number of nitrogens with two attached hydrogens (primary N) is 1. The molecule has 5 nitrogen and oxygen atoms in total. The van der Waals surface area contributed by atoms with Crippen molar-refractivity contribution in [3.8, 4) is 0 Å². The van der Waals surface area contributed by atoms with Crippen LogP contribution in [0.5, 0.6) is 0 Å². The Hall–Kier alpha value is -1.43. The van der Waals surface area contributed by atoms with E-state index in [0.29, 0.717) is 0 Å². The minimum absolute atomic E-state index is 0.0534. The first-order valence-electron chi connectivity index (χ1n) is 3.96. The third-order valence-electron chi connectivity index (χ3n) is 1.72. The molecule has 6 heteroatoms. The molecule has 0 atom stereocenters. The summed E-state index contributed by atoms with van der Waals surface area (Å²) in [6.45, 7) is 1.51. The van der Waals surface area contributed by atoms with Crippen molar-refractivity contribution in [3.05, 3.63) is 23.9 Å². The Morgan fingerprint density at radius 2 is 2.21 bits per heavy atom. The number of pyridine rings is 1. The number of amides is 1. The van der Waals surface area contributed by atoms with Gasteiger partial charge in [-0.3, -0.25) is 4.79 Å². The van der Waals surface area contributed by atoms with Gasteiger partial charge in [0, 0.05) is 11.8 Å². The molecule has 14 heavy (non-hydrogen) atoms. The van der Waals surface area contributed by atoms with Crippen molar-refractivity contribution in [1.29, 1.82) is 0 Å². The monoisotopic (exact) mass is 214 g/mol. The van der Waals surface area contributed by atoms with Gasteiger partial charge in [-0.1, -0.05) is 6.92 Å². The summed E-state index contributed by atoms with van der Waals surface area (Å²) in [5.41, 5.74) is 5.15. The van der Waals surface area contributed by atoms with Crippen molar-refractivity contribution in [3.63, 3.8) is 0 Å². The molecular weight excluding hydrogens is 204 g/mol. The highest BCUT2D eigenvalue weighted by atomic mass is 32.2. The minimum atomic E-state index is -3.37. The Morgan fingerprint density at radius 3 is 2.71 bits per heavy atom. The summed E-state index contributed by atoms with van der Waals surface area (Å²) >= 11 is 0. The molecule has 0 aliphatic heterocycles. The molecule has 76 valence electrons. The van der Waals surface area contributed by atoms with E-state index >= 15 is 0 Å². The third kappa shape index (κ3) is 2.08. The number of nitrogens with zero attached hydrogens (tertiary/aromatic N) is 1. The van der Waals surface area contributed by atoms with E-state index in [1.54, 1.807) is 0 Å². The van der Waals surface area contributed by atoms with Gasteiger partial charge in [0.15, 0.2) is 14.9 Å². The van der Waals surface area contributed by atoms with Gasteiger partial charge >= 0.3 is 0 Å². The zero-order chi connectivity index (χ0) is 10.8. The normalized spacial score (nSPS) is 11.2. The van der Waals surface area contributed by atoms with Crippen LogP contribution in [0.25, 0.3) is 0 Å². The molecule has 0 aliphatic rings. The number of carbonyl (C=O) groups is 1. The second-order valence-corrected chi connectivity index (χ2v) is 4.88. The van der Waals surface area contributed by atoms with Gasteiger partial charge in [-0.15, -0.1) is 0 Å². The van der Waals surface area contributed by atoms with E-state index in [-0.39, 0.29) is 16.3 Å². The second kappa shape index (κ2) is 3.75. The van der Waals surface area contributed by atoms with Crippen LogP contribution in [0.1, 0.15) is 17.3 Å². The van der Waals surface area contributed by atoms with Gasteiger partial charge in [-0.2, -0.15) is 0 Å². The number of carbonyl (C=O) groups excluding carboxylic acids is 1. The summed E-state index contributed by atoms with van der Waals surface area (Å²) in [5, 5.41) is -0.115. The van der Waals surface area contributed by atoms with Crippen LogP contribution >= 0.6 is 0 Å². The molecule has 0 saturated heterocycles. The van der Waals surface area contributed by atoms with Crippen LogP contribution in [-0.2, 0) is 9.84 Å². The van der Waals surface area contributed by atoms with Crippen molar-refractivity contribution in [2.24, 2.45) is 5.73 Å². The first-order valence-corrected chi connectivity index (χ1v) is 5.61. The Balaban J connectivity index is 3.26. The average Bonchev–Trinajstić information content (AvgIpc) is 2.18. The summed E-state index contributed by atoms with van der Waals surface area (Å²) in [7, 11) is -3.37. The van der Waals surface area contributed by atoms with Gasteiger partial charge in [0.25, 0.3) is 0 Å². The lowest BCUT2D eigenvalue weighted by molar-refractivity contribution is 0.1000. The molecule has 1 amide bonds. The standard InChI is InChI=1S/C8H10N2O3S/c1-2-14(12,13)7-5-6(8(9)11)3-4-10-7/h3-5H,2H2,1H3,(H2,9,11). The number of rotatable bonds is 3. The first-order chi connectivity index (χ1) is 6.47.